The molecule has 2 N–H and O–H groups in total. The van der Waals surface area contributed by atoms with Gasteiger partial charge in [0.05, 0.1) is 13.2 Å². The third-order valence-electron chi connectivity index (χ3n) is 1.83. The number of alkyl halides is 2. The number of halogens is 2. The topological polar surface area (TPSA) is 44.5 Å². The normalized spacial score (nSPS) is 10.7. The SMILES string of the molecule is Nc1ccc(OCCCOCC(F)F)cc1. The number of nitrogens with two attached hydrogens (primary N) is 1. The van der Waals surface area contributed by atoms with E-state index in [1.165, 1.54) is 0 Å². The Morgan fingerprint density at radius 2 is 1.81 bits per heavy atom. The molecule has 1 aromatic carbocycles. The van der Waals surface area contributed by atoms with E-state index in [0.29, 0.717) is 24.5 Å². The molecule has 0 atom stereocenters. The molecule has 16 heavy (non-hydrogen) atoms. The summed E-state index contributed by atoms with van der Waals surface area (Å²) < 4.78 is 33.4. The van der Waals surface area contributed by atoms with Crippen LogP contribution >= 0.6 is 0 Å². The maximum Gasteiger partial charge on any atom is 0.261 e. The van der Waals surface area contributed by atoms with Gasteiger partial charge in [0.25, 0.3) is 6.43 Å². The molecule has 90 valence electrons. The van der Waals surface area contributed by atoms with Crippen LogP contribution in [0, 0.1) is 0 Å². The largest absolute Gasteiger partial charge is 0.494 e. The zero-order valence-corrected chi connectivity index (χ0v) is 8.86. The Labute approximate surface area is 93.2 Å². The van der Waals surface area contributed by atoms with Crippen molar-refractivity contribution in [2.45, 2.75) is 12.8 Å². The van der Waals surface area contributed by atoms with Crippen LogP contribution < -0.4 is 10.5 Å². The molecule has 0 amide bonds. The molecule has 0 aliphatic rings. The highest BCUT2D eigenvalue weighted by atomic mass is 19.3. The molecule has 1 aromatic rings. The molecule has 0 heterocycles. The van der Waals surface area contributed by atoms with Gasteiger partial charge in [0.15, 0.2) is 0 Å². The highest BCUT2D eigenvalue weighted by Gasteiger charge is 2.01. The van der Waals surface area contributed by atoms with E-state index in [1.54, 1.807) is 24.3 Å². The van der Waals surface area contributed by atoms with E-state index in [2.05, 4.69) is 0 Å². The van der Waals surface area contributed by atoms with Crippen molar-refractivity contribution in [2.75, 3.05) is 25.6 Å². The van der Waals surface area contributed by atoms with Crippen molar-refractivity contribution in [3.05, 3.63) is 24.3 Å². The number of nitrogen functional groups attached to an aromatic ring is 1. The number of ether oxygens (including phenoxy) is 2. The summed E-state index contributed by atoms with van der Waals surface area (Å²) in [4.78, 5) is 0. The number of benzene rings is 1. The van der Waals surface area contributed by atoms with Gasteiger partial charge in [-0.1, -0.05) is 0 Å². The minimum Gasteiger partial charge on any atom is -0.494 e. The Morgan fingerprint density at radius 1 is 1.12 bits per heavy atom. The number of anilines is 1. The van der Waals surface area contributed by atoms with Crippen LogP contribution in [-0.2, 0) is 4.74 Å². The van der Waals surface area contributed by atoms with Gasteiger partial charge in [0.1, 0.15) is 12.4 Å². The molecule has 0 aliphatic carbocycles. The quantitative estimate of drug-likeness (QED) is 0.578. The fraction of sp³-hybridized carbons (Fsp3) is 0.455. The van der Waals surface area contributed by atoms with Crippen LogP contribution in [0.25, 0.3) is 0 Å². The molecular weight excluding hydrogens is 216 g/mol. The molecule has 0 saturated carbocycles. The Balaban J connectivity index is 2.05. The predicted octanol–water partition coefficient (Wildman–Crippen LogP) is 2.32. The van der Waals surface area contributed by atoms with Gasteiger partial charge in [-0.3, -0.25) is 0 Å². The average molecular weight is 231 g/mol. The molecule has 0 bridgehead atoms. The molecule has 0 unspecified atom stereocenters. The van der Waals surface area contributed by atoms with Crippen LogP contribution in [0.2, 0.25) is 0 Å². The van der Waals surface area contributed by atoms with Gasteiger partial charge in [0, 0.05) is 12.1 Å². The van der Waals surface area contributed by atoms with Crippen LogP contribution in [-0.4, -0.2) is 26.2 Å². The molecule has 5 heteroatoms. The predicted molar refractivity (Wildman–Crippen MR) is 57.8 cm³/mol. The van der Waals surface area contributed by atoms with Crippen LogP contribution in [0.15, 0.2) is 24.3 Å². The summed E-state index contributed by atoms with van der Waals surface area (Å²) in [5.41, 5.74) is 6.18. The number of hydrogen-bond acceptors (Lipinski definition) is 3. The molecule has 0 aliphatic heterocycles. The summed E-state index contributed by atoms with van der Waals surface area (Å²) >= 11 is 0. The first-order valence-electron chi connectivity index (χ1n) is 5.02. The van der Waals surface area contributed by atoms with Crippen molar-refractivity contribution < 1.29 is 18.3 Å². The van der Waals surface area contributed by atoms with Crippen molar-refractivity contribution in [1.82, 2.24) is 0 Å². The van der Waals surface area contributed by atoms with Crippen LogP contribution in [0.1, 0.15) is 6.42 Å². The molecule has 3 nitrogen and oxygen atoms in total. The van der Waals surface area contributed by atoms with Crippen molar-refractivity contribution in [2.24, 2.45) is 0 Å². The smallest absolute Gasteiger partial charge is 0.261 e. The number of rotatable bonds is 7. The minimum absolute atomic E-state index is 0.277. The molecule has 0 aromatic heterocycles. The second kappa shape index (κ2) is 7.00. The zero-order valence-electron chi connectivity index (χ0n) is 8.86. The highest BCUT2D eigenvalue weighted by Crippen LogP contribution is 2.13. The van der Waals surface area contributed by atoms with Gasteiger partial charge in [0.2, 0.25) is 0 Å². The molecule has 0 radical (unpaired) electrons. The van der Waals surface area contributed by atoms with E-state index in [-0.39, 0.29) is 6.61 Å². The summed E-state index contributed by atoms with van der Waals surface area (Å²) in [6, 6.07) is 7.00. The van der Waals surface area contributed by atoms with Gasteiger partial charge < -0.3 is 15.2 Å². The van der Waals surface area contributed by atoms with Crippen molar-refractivity contribution in [3.63, 3.8) is 0 Å². The second-order valence-corrected chi connectivity index (χ2v) is 3.24. The lowest BCUT2D eigenvalue weighted by molar-refractivity contribution is 0.0139. The molecule has 0 spiro atoms. The Morgan fingerprint density at radius 3 is 2.44 bits per heavy atom. The van der Waals surface area contributed by atoms with Gasteiger partial charge >= 0.3 is 0 Å². The van der Waals surface area contributed by atoms with Crippen molar-refractivity contribution in [3.8, 4) is 5.75 Å². The van der Waals surface area contributed by atoms with Crippen LogP contribution in [0.3, 0.4) is 0 Å². The lowest BCUT2D eigenvalue weighted by atomic mass is 10.3. The van der Waals surface area contributed by atoms with Crippen molar-refractivity contribution in [1.29, 1.82) is 0 Å². The Kier molecular flexibility index (Phi) is 5.56. The van der Waals surface area contributed by atoms with E-state index in [4.69, 9.17) is 15.2 Å². The van der Waals surface area contributed by atoms with Gasteiger partial charge in [-0.2, -0.15) is 0 Å². The van der Waals surface area contributed by atoms with E-state index in [1.807, 2.05) is 0 Å². The second-order valence-electron chi connectivity index (χ2n) is 3.24. The first kappa shape index (κ1) is 12.7. The molecule has 0 saturated heterocycles. The maximum atomic E-state index is 11.7. The maximum absolute atomic E-state index is 11.7. The summed E-state index contributed by atoms with van der Waals surface area (Å²) in [5, 5.41) is 0. The molecular formula is C11H15F2NO2. The Bertz CT molecular complexity index is 291. The fourth-order valence-electron chi connectivity index (χ4n) is 1.09. The van der Waals surface area contributed by atoms with E-state index in [9.17, 15) is 8.78 Å². The first-order chi connectivity index (χ1) is 7.68. The lowest BCUT2D eigenvalue weighted by Crippen LogP contribution is -2.08. The monoisotopic (exact) mass is 231 g/mol. The molecule has 0 fully saturated rings. The van der Waals surface area contributed by atoms with Gasteiger partial charge in [-0.05, 0) is 24.3 Å². The van der Waals surface area contributed by atoms with Gasteiger partial charge in [-0.15, -0.1) is 0 Å². The van der Waals surface area contributed by atoms with Crippen molar-refractivity contribution >= 4 is 5.69 Å². The zero-order chi connectivity index (χ0) is 11.8. The van der Waals surface area contributed by atoms with Crippen LogP contribution in [0.5, 0.6) is 5.75 Å². The van der Waals surface area contributed by atoms with Crippen LogP contribution in [0.4, 0.5) is 14.5 Å². The third-order valence-corrected chi connectivity index (χ3v) is 1.83. The lowest BCUT2D eigenvalue weighted by Gasteiger charge is -2.06. The molecule has 1 rings (SSSR count). The minimum atomic E-state index is -2.40. The fourth-order valence-corrected chi connectivity index (χ4v) is 1.09. The highest BCUT2D eigenvalue weighted by molar-refractivity contribution is 5.41. The summed E-state index contributed by atoms with van der Waals surface area (Å²) in [5.74, 6) is 0.711. The van der Waals surface area contributed by atoms with Gasteiger partial charge in [-0.25, -0.2) is 8.78 Å². The summed E-state index contributed by atoms with van der Waals surface area (Å²) in [7, 11) is 0. The Hall–Kier alpha value is -1.36. The van der Waals surface area contributed by atoms with E-state index >= 15 is 0 Å². The standard InChI is InChI=1S/C11H15F2NO2/c12-11(13)8-15-6-1-7-16-10-4-2-9(14)3-5-10/h2-5,11H,1,6-8,14H2. The average Bonchev–Trinajstić information content (AvgIpc) is 2.25. The van der Waals surface area contributed by atoms with E-state index < -0.39 is 13.0 Å². The summed E-state index contributed by atoms with van der Waals surface area (Å²) in [6.07, 6.45) is -1.82. The number of hydrogen-bond donors (Lipinski definition) is 1. The van der Waals surface area contributed by atoms with E-state index in [0.717, 1.165) is 0 Å². The first-order valence-corrected chi connectivity index (χ1v) is 5.02. The third kappa shape index (κ3) is 5.50. The summed E-state index contributed by atoms with van der Waals surface area (Å²) in [6.45, 7) is 0.203.